The van der Waals surface area contributed by atoms with E-state index in [1.807, 2.05) is 30.3 Å². The molecule has 2 aliphatic rings. The van der Waals surface area contributed by atoms with Crippen LogP contribution in [0.5, 0.6) is 11.5 Å². The molecule has 6 nitrogen and oxygen atoms in total. The van der Waals surface area contributed by atoms with Crippen LogP contribution < -0.4 is 15.1 Å². The van der Waals surface area contributed by atoms with Crippen LogP contribution >= 0.6 is 0 Å². The second kappa shape index (κ2) is 8.05. The highest BCUT2D eigenvalue weighted by Crippen LogP contribution is 2.28. The maximum atomic E-state index is 12.6. The molecule has 6 heteroatoms. The van der Waals surface area contributed by atoms with Crippen molar-refractivity contribution >= 4 is 21.7 Å². The molecule has 0 bridgehead atoms. The number of hydrogen-bond acceptors (Lipinski definition) is 6. The molecule has 0 N–H and O–H groups in total. The quantitative estimate of drug-likeness (QED) is 0.432. The van der Waals surface area contributed by atoms with Gasteiger partial charge in [-0.25, -0.2) is 4.79 Å². The van der Waals surface area contributed by atoms with Gasteiger partial charge in [0, 0.05) is 29.9 Å². The van der Waals surface area contributed by atoms with Gasteiger partial charge in [0.2, 0.25) is 0 Å². The highest BCUT2D eigenvalue weighted by atomic mass is 16.5. The molecule has 1 aromatic heterocycles. The van der Waals surface area contributed by atoms with Crippen molar-refractivity contribution in [3.63, 3.8) is 0 Å². The van der Waals surface area contributed by atoms with Gasteiger partial charge in [-0.1, -0.05) is 0 Å². The SMILES string of the molecule is O=c1oc2cc(OCCN3CCC3)ccc2c2ccc(OCCN3CCC3)cc12. The molecule has 2 fully saturated rings. The summed E-state index contributed by atoms with van der Waals surface area (Å²) in [5.74, 6) is 1.43. The van der Waals surface area contributed by atoms with E-state index in [9.17, 15) is 4.79 Å². The van der Waals surface area contributed by atoms with Gasteiger partial charge in [-0.05, 0) is 69.4 Å². The Bertz CT molecular complexity index is 1070. The van der Waals surface area contributed by atoms with Crippen LogP contribution in [0.2, 0.25) is 0 Å². The second-order valence-corrected chi connectivity index (χ2v) is 7.84. The van der Waals surface area contributed by atoms with Crippen LogP contribution in [0.4, 0.5) is 0 Å². The maximum Gasteiger partial charge on any atom is 0.344 e. The van der Waals surface area contributed by atoms with Gasteiger partial charge in [-0.3, -0.25) is 9.80 Å². The van der Waals surface area contributed by atoms with Gasteiger partial charge >= 0.3 is 5.63 Å². The fourth-order valence-corrected chi connectivity index (χ4v) is 3.87. The molecule has 3 heterocycles. The molecule has 5 rings (SSSR count). The van der Waals surface area contributed by atoms with Crippen LogP contribution in [0.15, 0.2) is 45.6 Å². The number of hydrogen-bond donors (Lipinski definition) is 0. The summed E-state index contributed by atoms with van der Waals surface area (Å²) in [5.41, 5.74) is 0.203. The number of fused-ring (bicyclic) bond motifs is 3. The fourth-order valence-electron chi connectivity index (χ4n) is 3.87. The first-order valence-electron chi connectivity index (χ1n) is 10.5. The van der Waals surface area contributed by atoms with E-state index >= 15 is 0 Å². The summed E-state index contributed by atoms with van der Waals surface area (Å²) < 4.78 is 17.3. The number of likely N-dealkylation sites (tertiary alicyclic amines) is 2. The lowest BCUT2D eigenvalue weighted by molar-refractivity contribution is 0.147. The summed E-state index contributed by atoms with van der Waals surface area (Å²) >= 11 is 0. The molecule has 0 atom stereocenters. The van der Waals surface area contributed by atoms with Gasteiger partial charge in [-0.2, -0.15) is 0 Å². The predicted octanol–water partition coefficient (Wildman–Crippen LogP) is 3.12. The Hall–Kier alpha value is -2.57. The van der Waals surface area contributed by atoms with Gasteiger partial charge in [-0.15, -0.1) is 0 Å². The van der Waals surface area contributed by atoms with E-state index in [0.717, 1.165) is 55.8 Å². The van der Waals surface area contributed by atoms with Crippen molar-refractivity contribution < 1.29 is 13.9 Å². The second-order valence-electron chi connectivity index (χ2n) is 7.84. The van der Waals surface area contributed by atoms with Crippen molar-refractivity contribution in [3.05, 3.63) is 46.8 Å². The van der Waals surface area contributed by atoms with E-state index in [2.05, 4.69) is 9.80 Å². The van der Waals surface area contributed by atoms with Crippen molar-refractivity contribution in [2.24, 2.45) is 0 Å². The van der Waals surface area contributed by atoms with E-state index in [1.54, 1.807) is 6.07 Å². The average Bonchev–Trinajstić information content (AvgIpc) is 2.66. The molecule has 2 aliphatic heterocycles. The van der Waals surface area contributed by atoms with Gasteiger partial charge < -0.3 is 13.9 Å². The number of ether oxygens (including phenoxy) is 2. The molecule has 2 aromatic carbocycles. The Kier molecular flexibility index (Phi) is 5.12. The molecule has 29 heavy (non-hydrogen) atoms. The zero-order chi connectivity index (χ0) is 19.6. The molecule has 0 radical (unpaired) electrons. The Labute approximate surface area is 169 Å². The van der Waals surface area contributed by atoms with Gasteiger partial charge in [0.25, 0.3) is 0 Å². The van der Waals surface area contributed by atoms with Crippen molar-refractivity contribution in [2.75, 3.05) is 52.5 Å². The topological polar surface area (TPSA) is 55.1 Å². The summed E-state index contributed by atoms with van der Waals surface area (Å²) in [6, 6.07) is 11.4. The van der Waals surface area contributed by atoms with Crippen LogP contribution in [0.1, 0.15) is 12.8 Å². The summed E-state index contributed by atoms with van der Waals surface area (Å²) in [6.45, 7) is 7.74. The third-order valence-electron chi connectivity index (χ3n) is 5.91. The number of nitrogens with zero attached hydrogens (tertiary/aromatic N) is 2. The Balaban J connectivity index is 1.33. The van der Waals surface area contributed by atoms with Crippen LogP contribution in [-0.4, -0.2) is 62.3 Å². The van der Waals surface area contributed by atoms with E-state index in [1.165, 1.54) is 12.8 Å². The first kappa shape index (κ1) is 18.5. The minimum Gasteiger partial charge on any atom is -0.492 e. The lowest BCUT2D eigenvalue weighted by atomic mass is 10.1. The maximum absolute atomic E-state index is 12.6. The molecule has 0 spiro atoms. The zero-order valence-corrected chi connectivity index (χ0v) is 16.6. The standard InChI is InChI=1S/C23H26N2O4/c26-23-21-15-17(27-13-11-24-7-1-8-24)3-5-19(21)20-6-4-18(16-22(20)29-23)28-14-12-25-9-2-10-25/h3-6,15-16H,1-2,7-14H2. The zero-order valence-electron chi connectivity index (χ0n) is 16.6. The Morgan fingerprint density at radius 1 is 0.759 bits per heavy atom. The smallest absolute Gasteiger partial charge is 0.344 e. The molecule has 2 saturated heterocycles. The summed E-state index contributed by atoms with van der Waals surface area (Å²) in [7, 11) is 0. The largest absolute Gasteiger partial charge is 0.492 e. The van der Waals surface area contributed by atoms with Crippen molar-refractivity contribution in [2.45, 2.75) is 12.8 Å². The first-order valence-corrected chi connectivity index (χ1v) is 10.5. The monoisotopic (exact) mass is 394 g/mol. The van der Waals surface area contributed by atoms with Gasteiger partial charge in [0.1, 0.15) is 30.3 Å². The van der Waals surface area contributed by atoms with E-state index in [4.69, 9.17) is 13.9 Å². The molecule has 3 aromatic rings. The normalized spacial score (nSPS) is 17.2. The lowest BCUT2D eigenvalue weighted by Crippen LogP contribution is -2.39. The van der Waals surface area contributed by atoms with Gasteiger partial charge in [0.05, 0.1) is 5.39 Å². The highest BCUT2D eigenvalue weighted by Gasteiger charge is 2.15. The van der Waals surface area contributed by atoms with E-state index in [0.29, 0.717) is 29.9 Å². The third-order valence-corrected chi connectivity index (χ3v) is 5.91. The summed E-state index contributed by atoms with van der Waals surface area (Å²) in [6.07, 6.45) is 2.55. The molecule has 0 aliphatic carbocycles. The van der Waals surface area contributed by atoms with Crippen LogP contribution in [0.25, 0.3) is 21.7 Å². The number of rotatable bonds is 8. The average molecular weight is 394 g/mol. The summed E-state index contributed by atoms with van der Waals surface area (Å²) in [5, 5.41) is 2.32. The fraction of sp³-hybridized carbons (Fsp3) is 0.435. The number of benzene rings is 2. The molecular weight excluding hydrogens is 368 g/mol. The lowest BCUT2D eigenvalue weighted by Gasteiger charge is -2.30. The minimum atomic E-state index is -0.349. The van der Waals surface area contributed by atoms with Crippen LogP contribution in [0.3, 0.4) is 0 Å². The van der Waals surface area contributed by atoms with Crippen molar-refractivity contribution in [1.82, 2.24) is 9.80 Å². The predicted molar refractivity (Wildman–Crippen MR) is 113 cm³/mol. The minimum absolute atomic E-state index is 0.349. The Morgan fingerprint density at radius 2 is 1.34 bits per heavy atom. The van der Waals surface area contributed by atoms with Gasteiger partial charge in [0.15, 0.2) is 0 Å². The van der Waals surface area contributed by atoms with Crippen molar-refractivity contribution in [3.8, 4) is 11.5 Å². The van der Waals surface area contributed by atoms with E-state index < -0.39 is 0 Å². The third kappa shape index (κ3) is 3.95. The molecule has 0 amide bonds. The molecule has 0 saturated carbocycles. The first-order chi connectivity index (χ1) is 14.3. The Morgan fingerprint density at radius 3 is 1.93 bits per heavy atom. The van der Waals surface area contributed by atoms with E-state index in [-0.39, 0.29) is 5.63 Å². The molecule has 0 unspecified atom stereocenters. The van der Waals surface area contributed by atoms with Crippen LogP contribution in [-0.2, 0) is 0 Å². The molecular formula is C23H26N2O4. The van der Waals surface area contributed by atoms with Crippen LogP contribution in [0, 0.1) is 0 Å². The highest BCUT2D eigenvalue weighted by molar-refractivity contribution is 6.04. The van der Waals surface area contributed by atoms with Crippen molar-refractivity contribution in [1.29, 1.82) is 0 Å². The molecule has 152 valence electrons. The summed E-state index contributed by atoms with van der Waals surface area (Å²) in [4.78, 5) is 17.3.